The van der Waals surface area contributed by atoms with Gasteiger partial charge in [-0.2, -0.15) is 5.10 Å². The summed E-state index contributed by atoms with van der Waals surface area (Å²) < 4.78 is 11.4. The first kappa shape index (κ1) is 16.8. The largest absolute Gasteiger partial charge is 0.490 e. The van der Waals surface area contributed by atoms with Gasteiger partial charge in [-0.1, -0.05) is 13.8 Å². The molecule has 1 aromatic rings. The first-order valence-electron chi connectivity index (χ1n) is 7.11. The van der Waals surface area contributed by atoms with Gasteiger partial charge in [0.05, 0.1) is 18.9 Å². The van der Waals surface area contributed by atoms with Crippen molar-refractivity contribution in [3.63, 3.8) is 0 Å². The van der Waals surface area contributed by atoms with E-state index in [1.165, 1.54) is 0 Å². The molecule has 0 saturated carbocycles. The first-order chi connectivity index (χ1) is 10.1. The number of hydrogen-bond acceptors (Lipinski definition) is 4. The molecule has 116 valence electrons. The summed E-state index contributed by atoms with van der Waals surface area (Å²) in [6.45, 7) is 7.24. The van der Waals surface area contributed by atoms with E-state index in [0.29, 0.717) is 24.7 Å². The fraction of sp³-hybridized carbons (Fsp3) is 0.467. The van der Waals surface area contributed by atoms with Crippen LogP contribution in [-0.2, 0) is 0 Å². The summed E-state index contributed by atoms with van der Waals surface area (Å²) in [6, 6.07) is 5.68. The van der Waals surface area contributed by atoms with Crippen molar-refractivity contribution in [3.8, 4) is 11.5 Å². The van der Waals surface area contributed by atoms with Gasteiger partial charge in [0.15, 0.2) is 11.5 Å². The van der Waals surface area contributed by atoms with Gasteiger partial charge in [-0.05, 0) is 38.0 Å². The number of nitrogens with zero attached hydrogens (tertiary/aromatic N) is 2. The Morgan fingerprint density at radius 1 is 1.00 bits per heavy atom. The number of ether oxygens (including phenoxy) is 2. The molecule has 0 amide bonds. The van der Waals surface area contributed by atoms with E-state index in [-0.39, 0.29) is 5.96 Å². The van der Waals surface area contributed by atoms with E-state index in [4.69, 9.17) is 20.9 Å². The number of benzene rings is 1. The normalized spacial score (nSPS) is 11.1. The minimum Gasteiger partial charge on any atom is -0.490 e. The molecular formula is C15H24N4O2. The molecule has 0 radical (unpaired) electrons. The maximum atomic E-state index is 5.73. The molecule has 0 aliphatic rings. The van der Waals surface area contributed by atoms with Crippen molar-refractivity contribution < 1.29 is 9.47 Å². The van der Waals surface area contributed by atoms with Crippen molar-refractivity contribution in [2.24, 2.45) is 21.7 Å². The lowest BCUT2D eigenvalue weighted by Gasteiger charge is -2.13. The molecule has 1 rings (SSSR count). The Kier molecular flexibility index (Phi) is 7.08. The summed E-state index contributed by atoms with van der Waals surface area (Å²) >= 11 is 0. The molecule has 0 saturated heterocycles. The van der Waals surface area contributed by atoms with Crippen LogP contribution in [0.25, 0.3) is 0 Å². The van der Waals surface area contributed by atoms with E-state index >= 15 is 0 Å². The molecule has 0 aliphatic carbocycles. The quantitative estimate of drug-likeness (QED) is 0.436. The molecule has 0 heterocycles. The second-order valence-electron chi connectivity index (χ2n) is 4.57. The highest BCUT2D eigenvalue weighted by atomic mass is 16.5. The van der Waals surface area contributed by atoms with Crippen LogP contribution in [0.3, 0.4) is 0 Å². The average Bonchev–Trinajstić information content (AvgIpc) is 2.48. The minimum absolute atomic E-state index is 0.0697. The number of nitrogens with two attached hydrogens (primary N) is 2. The van der Waals surface area contributed by atoms with Crippen LogP contribution in [0.15, 0.2) is 28.4 Å². The topological polar surface area (TPSA) is 95.2 Å². The standard InChI is InChI=1S/C15H24N4O2/c1-4-8-20-13-7-6-12(10-14(13)21-9-5-2)11(3)18-19-15(16)17/h6-7,10H,4-5,8-9H2,1-3H3,(H4,16,17,19). The summed E-state index contributed by atoms with van der Waals surface area (Å²) in [5.74, 6) is 1.38. The van der Waals surface area contributed by atoms with Crippen LogP contribution in [0.2, 0.25) is 0 Å². The predicted molar refractivity (Wildman–Crippen MR) is 86.0 cm³/mol. The van der Waals surface area contributed by atoms with Crippen LogP contribution in [0.4, 0.5) is 0 Å². The second kappa shape index (κ2) is 8.84. The van der Waals surface area contributed by atoms with Crippen LogP contribution >= 0.6 is 0 Å². The van der Waals surface area contributed by atoms with E-state index in [2.05, 4.69) is 24.1 Å². The van der Waals surface area contributed by atoms with Crippen molar-refractivity contribution in [3.05, 3.63) is 23.8 Å². The third-order valence-electron chi connectivity index (χ3n) is 2.60. The zero-order valence-corrected chi connectivity index (χ0v) is 12.9. The molecule has 6 heteroatoms. The Hall–Kier alpha value is -2.24. The molecule has 0 aromatic heterocycles. The molecule has 4 N–H and O–H groups in total. The van der Waals surface area contributed by atoms with Crippen molar-refractivity contribution in [1.82, 2.24) is 0 Å². The third-order valence-corrected chi connectivity index (χ3v) is 2.60. The second-order valence-corrected chi connectivity index (χ2v) is 4.57. The van der Waals surface area contributed by atoms with Gasteiger partial charge in [0.1, 0.15) is 0 Å². The van der Waals surface area contributed by atoms with Crippen LogP contribution in [0, 0.1) is 0 Å². The van der Waals surface area contributed by atoms with Crippen LogP contribution < -0.4 is 20.9 Å². The maximum absolute atomic E-state index is 5.73. The van der Waals surface area contributed by atoms with Gasteiger partial charge >= 0.3 is 0 Å². The van der Waals surface area contributed by atoms with Gasteiger partial charge in [-0.15, -0.1) is 5.10 Å². The van der Waals surface area contributed by atoms with E-state index in [0.717, 1.165) is 24.2 Å². The Labute approximate surface area is 125 Å². The summed E-state index contributed by atoms with van der Waals surface area (Å²) in [7, 11) is 0. The Morgan fingerprint density at radius 3 is 2.19 bits per heavy atom. The maximum Gasteiger partial charge on any atom is 0.211 e. The van der Waals surface area contributed by atoms with E-state index in [9.17, 15) is 0 Å². The van der Waals surface area contributed by atoms with Gasteiger partial charge < -0.3 is 20.9 Å². The molecule has 0 fully saturated rings. The fourth-order valence-electron chi connectivity index (χ4n) is 1.58. The lowest BCUT2D eigenvalue weighted by Crippen LogP contribution is -2.22. The van der Waals surface area contributed by atoms with Crippen LogP contribution in [0.5, 0.6) is 11.5 Å². The SMILES string of the molecule is CCCOc1ccc(C(C)=NN=C(N)N)cc1OCCC. The van der Waals surface area contributed by atoms with Gasteiger partial charge in [0, 0.05) is 5.56 Å². The average molecular weight is 292 g/mol. The Balaban J connectivity index is 3.02. The lowest BCUT2D eigenvalue weighted by atomic mass is 10.1. The zero-order chi connectivity index (χ0) is 15.7. The van der Waals surface area contributed by atoms with E-state index < -0.39 is 0 Å². The highest BCUT2D eigenvalue weighted by Crippen LogP contribution is 2.29. The molecule has 6 nitrogen and oxygen atoms in total. The van der Waals surface area contributed by atoms with Gasteiger partial charge in [-0.25, -0.2) is 0 Å². The van der Waals surface area contributed by atoms with Crippen molar-refractivity contribution in [2.75, 3.05) is 13.2 Å². The van der Waals surface area contributed by atoms with Crippen LogP contribution in [-0.4, -0.2) is 24.9 Å². The molecule has 1 aromatic carbocycles. The number of guanidine groups is 1. The molecular weight excluding hydrogens is 268 g/mol. The van der Waals surface area contributed by atoms with Crippen molar-refractivity contribution >= 4 is 11.7 Å². The van der Waals surface area contributed by atoms with Gasteiger partial charge in [0.25, 0.3) is 0 Å². The van der Waals surface area contributed by atoms with E-state index in [1.54, 1.807) is 0 Å². The monoisotopic (exact) mass is 292 g/mol. The van der Waals surface area contributed by atoms with Gasteiger partial charge in [0.2, 0.25) is 5.96 Å². The predicted octanol–water partition coefficient (Wildman–Crippen LogP) is 2.26. The summed E-state index contributed by atoms with van der Waals surface area (Å²) in [6.07, 6.45) is 1.87. The molecule has 0 unspecified atom stereocenters. The fourth-order valence-corrected chi connectivity index (χ4v) is 1.58. The molecule has 0 atom stereocenters. The summed E-state index contributed by atoms with van der Waals surface area (Å²) in [5, 5.41) is 7.62. The van der Waals surface area contributed by atoms with E-state index in [1.807, 2.05) is 25.1 Å². The molecule has 0 bridgehead atoms. The smallest absolute Gasteiger partial charge is 0.211 e. The van der Waals surface area contributed by atoms with Gasteiger partial charge in [-0.3, -0.25) is 0 Å². The minimum atomic E-state index is -0.0697. The number of hydrogen-bond donors (Lipinski definition) is 2. The third kappa shape index (κ3) is 5.72. The highest BCUT2D eigenvalue weighted by Gasteiger charge is 2.08. The highest BCUT2D eigenvalue weighted by molar-refractivity contribution is 5.99. The first-order valence-corrected chi connectivity index (χ1v) is 7.11. The zero-order valence-electron chi connectivity index (χ0n) is 12.9. The van der Waals surface area contributed by atoms with Crippen LogP contribution in [0.1, 0.15) is 39.2 Å². The Bertz CT molecular complexity index is 508. The van der Waals surface area contributed by atoms with Crippen molar-refractivity contribution in [2.45, 2.75) is 33.6 Å². The Morgan fingerprint density at radius 2 is 1.62 bits per heavy atom. The molecule has 21 heavy (non-hydrogen) atoms. The summed E-state index contributed by atoms with van der Waals surface area (Å²) in [5.41, 5.74) is 12.1. The number of rotatable bonds is 8. The van der Waals surface area contributed by atoms with Crippen molar-refractivity contribution in [1.29, 1.82) is 0 Å². The lowest BCUT2D eigenvalue weighted by molar-refractivity contribution is 0.268. The molecule has 0 spiro atoms. The molecule has 0 aliphatic heterocycles. The summed E-state index contributed by atoms with van der Waals surface area (Å²) in [4.78, 5) is 0.